The van der Waals surface area contributed by atoms with Crippen molar-refractivity contribution in [1.82, 2.24) is 16.0 Å². The van der Waals surface area contributed by atoms with Crippen LogP contribution in [0.2, 0.25) is 0 Å². The number of nitrogens with one attached hydrogen (secondary N) is 4. The smallest absolute Gasteiger partial charge is 0.0638 e. The number of hydrogen-bond donors (Lipinski definition) is 4. The monoisotopic (exact) mass is 276 g/mol. The van der Waals surface area contributed by atoms with Crippen LogP contribution in [0, 0.1) is 5.41 Å². The summed E-state index contributed by atoms with van der Waals surface area (Å²) in [5, 5.41) is 18.2. The minimum absolute atomic E-state index is 0.163. The second-order valence-corrected chi connectivity index (χ2v) is 5.23. The van der Waals surface area contributed by atoms with Crippen molar-refractivity contribution in [2.24, 2.45) is 0 Å². The van der Waals surface area contributed by atoms with Crippen molar-refractivity contribution >= 4 is 5.71 Å². The summed E-state index contributed by atoms with van der Waals surface area (Å²) in [5.74, 6) is 0. The van der Waals surface area contributed by atoms with Gasteiger partial charge in [-0.3, -0.25) is 0 Å². The highest BCUT2D eigenvalue weighted by molar-refractivity contribution is 5.98. The van der Waals surface area contributed by atoms with E-state index in [1.165, 1.54) is 12.8 Å². The molecule has 1 saturated carbocycles. The first kappa shape index (κ1) is 16.5. The molecule has 1 aliphatic rings. The van der Waals surface area contributed by atoms with Crippen LogP contribution >= 0.6 is 0 Å². The summed E-state index contributed by atoms with van der Waals surface area (Å²) in [6, 6.07) is 0.687. The zero-order valence-electron chi connectivity index (χ0n) is 13.0. The second-order valence-electron chi connectivity index (χ2n) is 5.23. The van der Waals surface area contributed by atoms with Gasteiger partial charge >= 0.3 is 0 Å². The maximum atomic E-state index is 8.13. The van der Waals surface area contributed by atoms with Crippen LogP contribution in [0.15, 0.2) is 36.2 Å². The molecular weight excluding hydrogens is 248 g/mol. The van der Waals surface area contributed by atoms with Crippen LogP contribution in [0.5, 0.6) is 0 Å². The van der Waals surface area contributed by atoms with Gasteiger partial charge in [0.2, 0.25) is 0 Å². The SMILES string of the molecule is C=CCNC(=C)/C(NC1CC1)=C(\C(C)=N)C(CC)NC. The lowest BCUT2D eigenvalue weighted by Crippen LogP contribution is -2.36. The number of likely N-dealkylation sites (N-methyl/N-ethyl adjacent to an activating group) is 1. The highest BCUT2D eigenvalue weighted by Gasteiger charge is 2.26. The molecule has 1 unspecified atom stereocenters. The van der Waals surface area contributed by atoms with Crippen molar-refractivity contribution in [3.8, 4) is 0 Å². The molecule has 0 aromatic heterocycles. The molecular formula is C16H28N4. The van der Waals surface area contributed by atoms with Gasteiger partial charge in [0.1, 0.15) is 0 Å². The van der Waals surface area contributed by atoms with Crippen LogP contribution in [0.3, 0.4) is 0 Å². The first-order valence-electron chi connectivity index (χ1n) is 7.32. The van der Waals surface area contributed by atoms with Gasteiger partial charge in [0.05, 0.1) is 11.4 Å². The second kappa shape index (κ2) is 7.90. The van der Waals surface area contributed by atoms with Gasteiger partial charge in [-0.2, -0.15) is 0 Å². The van der Waals surface area contributed by atoms with E-state index in [4.69, 9.17) is 5.41 Å². The van der Waals surface area contributed by atoms with E-state index in [1.54, 1.807) is 0 Å². The average Bonchev–Trinajstić information content (AvgIpc) is 3.23. The van der Waals surface area contributed by atoms with E-state index in [0.29, 0.717) is 18.3 Å². The molecule has 0 spiro atoms. The number of hydrogen-bond acceptors (Lipinski definition) is 4. The molecule has 0 heterocycles. The van der Waals surface area contributed by atoms with E-state index in [-0.39, 0.29) is 6.04 Å². The largest absolute Gasteiger partial charge is 0.380 e. The fourth-order valence-electron chi connectivity index (χ4n) is 2.22. The van der Waals surface area contributed by atoms with E-state index in [0.717, 1.165) is 23.4 Å². The summed E-state index contributed by atoms with van der Waals surface area (Å²) in [4.78, 5) is 0. The first-order chi connectivity index (χ1) is 9.54. The van der Waals surface area contributed by atoms with Gasteiger partial charge in [-0.1, -0.05) is 19.6 Å². The molecule has 20 heavy (non-hydrogen) atoms. The highest BCUT2D eigenvalue weighted by atomic mass is 15.0. The normalized spacial score (nSPS) is 16.9. The van der Waals surface area contributed by atoms with Gasteiger partial charge in [0.15, 0.2) is 0 Å². The molecule has 1 rings (SSSR count). The molecule has 0 saturated heterocycles. The van der Waals surface area contributed by atoms with E-state index in [9.17, 15) is 0 Å². The molecule has 112 valence electrons. The number of rotatable bonds is 10. The third-order valence-corrected chi connectivity index (χ3v) is 3.47. The van der Waals surface area contributed by atoms with E-state index in [2.05, 4.69) is 36.0 Å². The molecule has 0 bridgehead atoms. The molecule has 4 nitrogen and oxygen atoms in total. The van der Waals surface area contributed by atoms with Crippen molar-refractivity contribution in [1.29, 1.82) is 5.41 Å². The predicted molar refractivity (Wildman–Crippen MR) is 87.1 cm³/mol. The molecule has 0 radical (unpaired) electrons. The van der Waals surface area contributed by atoms with Crippen LogP contribution in [-0.4, -0.2) is 31.4 Å². The van der Waals surface area contributed by atoms with Gasteiger partial charge in [-0.05, 0) is 33.2 Å². The zero-order chi connectivity index (χ0) is 15.1. The molecule has 0 aromatic rings. The van der Waals surface area contributed by atoms with Crippen LogP contribution in [0.1, 0.15) is 33.1 Å². The fourth-order valence-corrected chi connectivity index (χ4v) is 2.22. The lowest BCUT2D eigenvalue weighted by atomic mass is 9.96. The Hall–Kier alpha value is -1.55. The van der Waals surface area contributed by atoms with Crippen molar-refractivity contribution in [3.63, 3.8) is 0 Å². The molecule has 1 aliphatic carbocycles. The molecule has 4 heteroatoms. The molecule has 4 N–H and O–H groups in total. The topological polar surface area (TPSA) is 59.9 Å². The predicted octanol–water partition coefficient (Wildman–Crippen LogP) is 2.32. The maximum Gasteiger partial charge on any atom is 0.0638 e. The van der Waals surface area contributed by atoms with Crippen LogP contribution in [0.4, 0.5) is 0 Å². The van der Waals surface area contributed by atoms with E-state index < -0.39 is 0 Å². The van der Waals surface area contributed by atoms with Crippen molar-refractivity contribution < 1.29 is 0 Å². The quantitative estimate of drug-likeness (QED) is 0.281. The maximum absolute atomic E-state index is 8.13. The molecule has 0 aromatic carbocycles. The van der Waals surface area contributed by atoms with Gasteiger partial charge in [0.25, 0.3) is 0 Å². The fraction of sp³-hybridized carbons (Fsp3) is 0.562. The summed E-state index contributed by atoms with van der Waals surface area (Å²) >= 11 is 0. The first-order valence-corrected chi connectivity index (χ1v) is 7.32. The third-order valence-electron chi connectivity index (χ3n) is 3.47. The Kier molecular flexibility index (Phi) is 6.52. The Morgan fingerprint density at radius 3 is 2.50 bits per heavy atom. The van der Waals surface area contributed by atoms with Gasteiger partial charge in [0, 0.05) is 29.9 Å². The Morgan fingerprint density at radius 1 is 1.45 bits per heavy atom. The Bertz CT molecular complexity index is 401. The Morgan fingerprint density at radius 2 is 2.10 bits per heavy atom. The standard InChI is InChI=1S/C16H28N4/c1-6-10-19-12(4)16(20-13-8-9-13)15(11(3)17)14(7-2)18-5/h6,13-14,17-20H,1,4,7-10H2,2-3,5H3/b16-15-,17-11?. The molecule has 1 atom stereocenters. The van der Waals surface area contributed by atoms with Gasteiger partial charge < -0.3 is 21.4 Å². The van der Waals surface area contributed by atoms with Crippen LogP contribution in [0.25, 0.3) is 0 Å². The summed E-state index contributed by atoms with van der Waals surface area (Å²) < 4.78 is 0. The van der Waals surface area contributed by atoms with Gasteiger partial charge in [-0.25, -0.2) is 0 Å². The lowest BCUT2D eigenvalue weighted by Gasteiger charge is -2.25. The summed E-state index contributed by atoms with van der Waals surface area (Å²) in [6.07, 6.45) is 5.14. The Balaban J connectivity index is 3.10. The molecule has 0 amide bonds. The van der Waals surface area contributed by atoms with Crippen LogP contribution in [-0.2, 0) is 0 Å². The van der Waals surface area contributed by atoms with E-state index in [1.807, 2.05) is 20.0 Å². The zero-order valence-corrected chi connectivity index (χ0v) is 13.0. The van der Waals surface area contributed by atoms with Gasteiger partial charge in [-0.15, -0.1) is 6.58 Å². The summed E-state index contributed by atoms with van der Waals surface area (Å²) in [5.41, 5.74) is 3.40. The minimum Gasteiger partial charge on any atom is -0.380 e. The van der Waals surface area contributed by atoms with Crippen LogP contribution < -0.4 is 16.0 Å². The minimum atomic E-state index is 0.163. The summed E-state index contributed by atoms with van der Waals surface area (Å²) in [6.45, 7) is 12.5. The summed E-state index contributed by atoms with van der Waals surface area (Å²) in [7, 11) is 1.94. The highest BCUT2D eigenvalue weighted by Crippen LogP contribution is 2.24. The lowest BCUT2D eigenvalue weighted by molar-refractivity contribution is 0.617. The van der Waals surface area contributed by atoms with Crippen molar-refractivity contribution in [2.75, 3.05) is 13.6 Å². The molecule has 0 aliphatic heterocycles. The molecule has 1 fully saturated rings. The van der Waals surface area contributed by atoms with Crippen molar-refractivity contribution in [2.45, 2.75) is 45.2 Å². The third kappa shape index (κ3) is 4.53. The Labute approximate surface area is 122 Å². The average molecular weight is 276 g/mol. The van der Waals surface area contributed by atoms with Crippen molar-refractivity contribution in [3.05, 3.63) is 36.2 Å². The van der Waals surface area contributed by atoms with E-state index >= 15 is 0 Å².